The maximum atomic E-state index is 4.62. The molecule has 2 saturated carbocycles. The molecule has 0 radical (unpaired) electrons. The van der Waals surface area contributed by atoms with Gasteiger partial charge in [0.15, 0.2) is 0 Å². The lowest BCUT2D eigenvalue weighted by Gasteiger charge is -2.32. The van der Waals surface area contributed by atoms with Crippen LogP contribution >= 0.6 is 0 Å². The van der Waals surface area contributed by atoms with E-state index in [0.717, 1.165) is 24.1 Å². The Kier molecular flexibility index (Phi) is 3.65. The predicted octanol–water partition coefficient (Wildman–Crippen LogP) is 3.17. The van der Waals surface area contributed by atoms with E-state index in [9.17, 15) is 0 Å². The average molecular weight is 275 g/mol. The molecule has 1 aromatic rings. The molecule has 112 valence electrons. The van der Waals surface area contributed by atoms with Crippen LogP contribution in [0.25, 0.3) is 0 Å². The number of nitrogens with one attached hydrogen (secondary N) is 1. The predicted molar refractivity (Wildman–Crippen MR) is 82.7 cm³/mol. The van der Waals surface area contributed by atoms with Crippen molar-refractivity contribution in [2.75, 3.05) is 6.54 Å². The second-order valence-corrected chi connectivity index (χ2v) is 7.47. The number of hydrogen-bond donors (Lipinski definition) is 1. The zero-order valence-electron chi connectivity index (χ0n) is 13.4. The molecule has 3 nitrogen and oxygen atoms in total. The lowest BCUT2D eigenvalue weighted by molar-refractivity contribution is 0.236. The maximum Gasteiger partial charge on any atom is 0.0596 e. The quantitative estimate of drug-likeness (QED) is 0.864. The molecule has 2 fully saturated rings. The Labute approximate surface area is 123 Å². The number of hydrogen-bond acceptors (Lipinski definition) is 2. The van der Waals surface area contributed by atoms with Crippen LogP contribution in [0, 0.1) is 24.2 Å². The Morgan fingerprint density at radius 2 is 2.10 bits per heavy atom. The maximum absolute atomic E-state index is 4.62. The molecule has 0 amide bonds. The van der Waals surface area contributed by atoms with Crippen LogP contribution in [-0.2, 0) is 13.0 Å². The zero-order chi connectivity index (χ0) is 14.3. The van der Waals surface area contributed by atoms with E-state index in [1.807, 2.05) is 0 Å². The van der Waals surface area contributed by atoms with Gasteiger partial charge in [0.2, 0.25) is 0 Å². The molecule has 2 unspecified atom stereocenters. The van der Waals surface area contributed by atoms with Crippen LogP contribution < -0.4 is 5.32 Å². The van der Waals surface area contributed by atoms with E-state index in [1.165, 1.54) is 37.9 Å². The van der Waals surface area contributed by atoms with Crippen molar-refractivity contribution >= 4 is 0 Å². The van der Waals surface area contributed by atoms with E-state index in [4.69, 9.17) is 0 Å². The van der Waals surface area contributed by atoms with Gasteiger partial charge in [0, 0.05) is 24.8 Å². The summed E-state index contributed by atoms with van der Waals surface area (Å²) in [6.07, 6.45) is 5.54. The molecule has 20 heavy (non-hydrogen) atoms. The van der Waals surface area contributed by atoms with Gasteiger partial charge in [-0.25, -0.2) is 0 Å². The number of nitrogens with zero attached hydrogens (tertiary/aromatic N) is 2. The van der Waals surface area contributed by atoms with Crippen molar-refractivity contribution in [1.29, 1.82) is 0 Å². The summed E-state index contributed by atoms with van der Waals surface area (Å²) in [6.45, 7) is 11.0. The molecule has 2 aliphatic rings. The van der Waals surface area contributed by atoms with Gasteiger partial charge >= 0.3 is 0 Å². The van der Waals surface area contributed by atoms with Gasteiger partial charge in [0.1, 0.15) is 0 Å². The Hall–Kier alpha value is -0.830. The summed E-state index contributed by atoms with van der Waals surface area (Å²) in [5.74, 6) is 2.06. The lowest BCUT2D eigenvalue weighted by atomic mass is 9.78. The first-order valence-electron chi connectivity index (χ1n) is 8.28. The molecule has 2 aliphatic carbocycles. The molecule has 1 heterocycles. The van der Waals surface area contributed by atoms with Crippen LogP contribution in [0.5, 0.6) is 0 Å². The van der Waals surface area contributed by atoms with Gasteiger partial charge in [0.25, 0.3) is 0 Å². The van der Waals surface area contributed by atoms with Gasteiger partial charge in [0.05, 0.1) is 5.69 Å². The Morgan fingerprint density at radius 1 is 1.40 bits per heavy atom. The van der Waals surface area contributed by atoms with Crippen LogP contribution in [0.3, 0.4) is 0 Å². The molecule has 0 aromatic carbocycles. The van der Waals surface area contributed by atoms with Crippen LogP contribution in [0.15, 0.2) is 6.07 Å². The van der Waals surface area contributed by atoms with E-state index >= 15 is 0 Å². The summed E-state index contributed by atoms with van der Waals surface area (Å²) in [7, 11) is 0. The topological polar surface area (TPSA) is 29.9 Å². The van der Waals surface area contributed by atoms with Crippen molar-refractivity contribution in [3.8, 4) is 0 Å². The van der Waals surface area contributed by atoms with Crippen molar-refractivity contribution in [3.05, 3.63) is 17.5 Å². The third-order valence-electron chi connectivity index (χ3n) is 5.19. The normalized spacial score (nSPS) is 31.9. The lowest BCUT2D eigenvalue weighted by Crippen LogP contribution is -2.38. The number of fused-ring (bicyclic) bond motifs is 1. The van der Waals surface area contributed by atoms with E-state index in [0.29, 0.717) is 11.5 Å². The van der Waals surface area contributed by atoms with Gasteiger partial charge < -0.3 is 5.32 Å². The monoisotopic (exact) mass is 275 g/mol. The minimum absolute atomic E-state index is 0.483. The standard InChI is InChI=1S/C17H29N3/c1-5-20-16(6-13(4)19-20)10-17(11-18-12(2)3)8-14-7-15(14)9-17/h6,12,14-15,18H,5,7-11H2,1-4H3. The van der Waals surface area contributed by atoms with E-state index in [2.05, 4.69) is 48.9 Å². The fraction of sp³-hybridized carbons (Fsp3) is 0.824. The minimum atomic E-state index is 0.483. The van der Waals surface area contributed by atoms with Crippen molar-refractivity contribution in [2.24, 2.45) is 17.3 Å². The molecule has 3 rings (SSSR count). The highest BCUT2D eigenvalue weighted by Crippen LogP contribution is 2.60. The molecule has 0 spiro atoms. The molecular formula is C17H29N3. The highest BCUT2D eigenvalue weighted by molar-refractivity contribution is 5.15. The summed E-state index contributed by atoms with van der Waals surface area (Å²) in [6, 6.07) is 2.88. The van der Waals surface area contributed by atoms with Crippen molar-refractivity contribution in [3.63, 3.8) is 0 Å². The van der Waals surface area contributed by atoms with Crippen LogP contribution in [0.1, 0.15) is 51.4 Å². The largest absolute Gasteiger partial charge is 0.314 e. The Bertz CT molecular complexity index is 465. The molecule has 3 heteroatoms. The smallest absolute Gasteiger partial charge is 0.0596 e. The first-order valence-corrected chi connectivity index (χ1v) is 8.28. The second kappa shape index (κ2) is 5.18. The number of aromatic nitrogens is 2. The van der Waals surface area contributed by atoms with Crippen molar-refractivity contribution in [2.45, 2.75) is 66.0 Å². The van der Waals surface area contributed by atoms with Crippen LogP contribution in [0.2, 0.25) is 0 Å². The fourth-order valence-corrected chi connectivity index (χ4v) is 4.18. The molecule has 0 bridgehead atoms. The summed E-state index contributed by atoms with van der Waals surface area (Å²) >= 11 is 0. The summed E-state index contributed by atoms with van der Waals surface area (Å²) in [4.78, 5) is 0. The minimum Gasteiger partial charge on any atom is -0.314 e. The molecule has 2 atom stereocenters. The number of rotatable bonds is 6. The highest BCUT2D eigenvalue weighted by atomic mass is 15.3. The van der Waals surface area contributed by atoms with E-state index in [1.54, 1.807) is 0 Å². The average Bonchev–Trinajstić information content (AvgIpc) is 2.85. The third-order valence-corrected chi connectivity index (χ3v) is 5.19. The summed E-state index contributed by atoms with van der Waals surface area (Å²) in [5.41, 5.74) is 3.09. The van der Waals surface area contributed by atoms with Gasteiger partial charge in [-0.1, -0.05) is 13.8 Å². The molecule has 1 aromatic heterocycles. The Morgan fingerprint density at radius 3 is 2.70 bits per heavy atom. The molecule has 0 saturated heterocycles. The third kappa shape index (κ3) is 2.78. The molecule has 0 aliphatic heterocycles. The number of aryl methyl sites for hydroxylation is 2. The second-order valence-electron chi connectivity index (χ2n) is 7.47. The van der Waals surface area contributed by atoms with Gasteiger partial charge in [-0.2, -0.15) is 5.10 Å². The SMILES string of the molecule is CCn1nc(C)cc1CC1(CNC(C)C)CC2CC2C1. The van der Waals surface area contributed by atoms with E-state index in [-0.39, 0.29) is 0 Å². The van der Waals surface area contributed by atoms with Gasteiger partial charge in [-0.3, -0.25) is 4.68 Å². The fourth-order valence-electron chi connectivity index (χ4n) is 4.18. The zero-order valence-corrected chi connectivity index (χ0v) is 13.4. The van der Waals surface area contributed by atoms with E-state index < -0.39 is 0 Å². The first-order chi connectivity index (χ1) is 9.51. The van der Waals surface area contributed by atoms with Crippen molar-refractivity contribution < 1.29 is 0 Å². The van der Waals surface area contributed by atoms with Gasteiger partial charge in [-0.15, -0.1) is 0 Å². The highest BCUT2D eigenvalue weighted by Gasteiger charge is 2.53. The summed E-state index contributed by atoms with van der Waals surface area (Å²) in [5, 5.41) is 8.33. The molecule has 1 N–H and O–H groups in total. The van der Waals surface area contributed by atoms with Crippen LogP contribution in [0.4, 0.5) is 0 Å². The van der Waals surface area contributed by atoms with Crippen molar-refractivity contribution in [1.82, 2.24) is 15.1 Å². The molecular weight excluding hydrogens is 246 g/mol. The van der Waals surface area contributed by atoms with Crippen LogP contribution in [-0.4, -0.2) is 22.4 Å². The first kappa shape index (κ1) is 14.1. The van der Waals surface area contributed by atoms with Gasteiger partial charge in [-0.05, 0) is 62.8 Å². The Balaban J connectivity index is 1.75. The summed E-state index contributed by atoms with van der Waals surface area (Å²) < 4.78 is 2.20.